The summed E-state index contributed by atoms with van der Waals surface area (Å²) in [6, 6.07) is 0. The Morgan fingerprint density at radius 1 is 1.55 bits per heavy atom. The largest absolute Gasteiger partial charge is 0.331 e. The number of fused-ring (bicyclic) bond motifs is 1. The Morgan fingerprint density at radius 2 is 2.36 bits per heavy atom. The van der Waals surface area contributed by atoms with Crippen LogP contribution >= 0.6 is 11.3 Å². The first-order valence-corrected chi connectivity index (χ1v) is 8.63. The minimum atomic E-state index is 0.0176. The molecule has 3 rings (SSSR count). The maximum atomic E-state index is 12.6. The predicted octanol–water partition coefficient (Wildman–Crippen LogP) is 2.66. The van der Waals surface area contributed by atoms with Gasteiger partial charge in [-0.25, -0.2) is 9.97 Å². The van der Waals surface area contributed by atoms with Gasteiger partial charge < -0.3 is 9.47 Å². The first kappa shape index (κ1) is 15.2. The smallest absolute Gasteiger partial charge is 0.272 e. The van der Waals surface area contributed by atoms with Crippen LogP contribution in [0.4, 0.5) is 0 Å². The summed E-state index contributed by atoms with van der Waals surface area (Å²) in [4.78, 5) is 24.6. The van der Waals surface area contributed by atoms with Crippen molar-refractivity contribution in [1.29, 1.82) is 0 Å². The second-order valence-electron chi connectivity index (χ2n) is 6.03. The van der Waals surface area contributed by atoms with E-state index in [0.717, 1.165) is 23.8 Å². The molecule has 0 saturated carbocycles. The summed E-state index contributed by atoms with van der Waals surface area (Å²) >= 11 is 1.77. The minimum absolute atomic E-state index is 0.0176. The summed E-state index contributed by atoms with van der Waals surface area (Å²) in [5, 5.41) is 1.05. The fourth-order valence-corrected chi connectivity index (χ4v) is 4.17. The molecule has 1 aliphatic rings. The van der Waals surface area contributed by atoms with Crippen LogP contribution in [0.5, 0.6) is 0 Å². The van der Waals surface area contributed by atoms with Crippen LogP contribution in [0.2, 0.25) is 0 Å². The Morgan fingerprint density at radius 3 is 3.05 bits per heavy atom. The van der Waals surface area contributed by atoms with E-state index in [-0.39, 0.29) is 5.91 Å². The van der Waals surface area contributed by atoms with Crippen molar-refractivity contribution in [2.45, 2.75) is 39.7 Å². The lowest BCUT2D eigenvalue weighted by atomic mass is 9.93. The highest BCUT2D eigenvalue weighted by Crippen LogP contribution is 2.30. The van der Waals surface area contributed by atoms with Gasteiger partial charge in [-0.15, -0.1) is 11.3 Å². The normalized spacial score (nSPS) is 17.3. The molecule has 5 nitrogen and oxygen atoms in total. The monoisotopic (exact) mass is 318 g/mol. The Kier molecular flexibility index (Phi) is 4.29. The van der Waals surface area contributed by atoms with E-state index in [9.17, 15) is 4.79 Å². The Bertz CT molecular complexity index is 675. The van der Waals surface area contributed by atoms with E-state index in [1.165, 1.54) is 17.0 Å². The molecule has 118 valence electrons. The predicted molar refractivity (Wildman–Crippen MR) is 86.9 cm³/mol. The van der Waals surface area contributed by atoms with Crippen LogP contribution < -0.4 is 0 Å². The molecular weight excluding hydrogens is 296 g/mol. The third-order valence-electron chi connectivity index (χ3n) is 4.26. The van der Waals surface area contributed by atoms with Crippen molar-refractivity contribution in [2.24, 2.45) is 13.0 Å². The lowest BCUT2D eigenvalue weighted by Gasteiger charge is -2.19. The number of imidazole rings is 1. The SMILES string of the molecule is CCN(Cc1nc2c(s1)CC(C)CC2)C(=O)c1cncn1C. The molecule has 1 amide bonds. The maximum absolute atomic E-state index is 12.6. The molecule has 0 bridgehead atoms. The fraction of sp³-hybridized carbons (Fsp3) is 0.562. The third kappa shape index (κ3) is 2.92. The number of nitrogens with zero attached hydrogens (tertiary/aromatic N) is 4. The van der Waals surface area contributed by atoms with Crippen LogP contribution in [0, 0.1) is 5.92 Å². The van der Waals surface area contributed by atoms with Crippen molar-refractivity contribution < 1.29 is 4.79 Å². The molecule has 0 radical (unpaired) electrons. The molecule has 0 fully saturated rings. The number of hydrogen-bond acceptors (Lipinski definition) is 4. The molecule has 6 heteroatoms. The average Bonchev–Trinajstić information content (AvgIpc) is 3.09. The van der Waals surface area contributed by atoms with E-state index in [1.807, 2.05) is 18.9 Å². The molecule has 1 aliphatic carbocycles. The van der Waals surface area contributed by atoms with E-state index in [1.54, 1.807) is 28.4 Å². The van der Waals surface area contributed by atoms with E-state index >= 15 is 0 Å². The van der Waals surface area contributed by atoms with Crippen LogP contribution in [0.3, 0.4) is 0 Å². The standard InChI is InChI=1S/C16H22N4OS/c1-4-20(16(21)13-8-17-10-19(13)3)9-15-18-12-6-5-11(2)7-14(12)22-15/h8,10-11H,4-7,9H2,1-3H3. The number of hydrogen-bond donors (Lipinski definition) is 0. The Balaban J connectivity index is 1.76. The van der Waals surface area contributed by atoms with Gasteiger partial charge in [0.25, 0.3) is 5.91 Å². The molecule has 2 heterocycles. The zero-order valence-electron chi connectivity index (χ0n) is 13.4. The second kappa shape index (κ2) is 6.20. The van der Waals surface area contributed by atoms with Crippen molar-refractivity contribution >= 4 is 17.2 Å². The van der Waals surface area contributed by atoms with Crippen molar-refractivity contribution in [1.82, 2.24) is 19.4 Å². The molecule has 1 unspecified atom stereocenters. The fourth-order valence-electron chi connectivity index (χ4n) is 2.88. The van der Waals surface area contributed by atoms with Crippen LogP contribution in [-0.4, -0.2) is 31.9 Å². The topological polar surface area (TPSA) is 51.0 Å². The number of amides is 1. The molecular formula is C16H22N4OS. The van der Waals surface area contributed by atoms with E-state index < -0.39 is 0 Å². The first-order valence-electron chi connectivity index (χ1n) is 7.81. The summed E-state index contributed by atoms with van der Waals surface area (Å²) < 4.78 is 1.76. The lowest BCUT2D eigenvalue weighted by Crippen LogP contribution is -2.31. The Labute approximate surface area is 135 Å². The zero-order valence-corrected chi connectivity index (χ0v) is 14.2. The first-order chi connectivity index (χ1) is 10.6. The van der Waals surface area contributed by atoms with Crippen molar-refractivity contribution in [3.8, 4) is 0 Å². The number of carbonyl (C=O) groups excluding carboxylic acids is 1. The molecule has 0 saturated heterocycles. The number of aryl methyl sites for hydroxylation is 2. The molecule has 2 aromatic rings. The van der Waals surface area contributed by atoms with Gasteiger partial charge in [0.15, 0.2) is 0 Å². The molecule has 0 aliphatic heterocycles. The van der Waals surface area contributed by atoms with Crippen LogP contribution in [0.1, 0.15) is 46.3 Å². The molecule has 0 spiro atoms. The molecule has 2 aromatic heterocycles. The Hall–Kier alpha value is -1.69. The van der Waals surface area contributed by atoms with E-state index in [2.05, 4.69) is 11.9 Å². The van der Waals surface area contributed by atoms with Gasteiger partial charge in [0.1, 0.15) is 10.7 Å². The second-order valence-corrected chi connectivity index (χ2v) is 7.20. The molecule has 0 N–H and O–H groups in total. The molecule has 1 atom stereocenters. The van der Waals surface area contributed by atoms with Crippen molar-refractivity contribution in [3.63, 3.8) is 0 Å². The van der Waals surface area contributed by atoms with Gasteiger partial charge in [0.2, 0.25) is 0 Å². The number of carbonyl (C=O) groups is 1. The van der Waals surface area contributed by atoms with Crippen LogP contribution in [0.15, 0.2) is 12.5 Å². The summed E-state index contributed by atoms with van der Waals surface area (Å²) in [5.74, 6) is 0.767. The lowest BCUT2D eigenvalue weighted by molar-refractivity contribution is 0.0742. The van der Waals surface area contributed by atoms with E-state index in [0.29, 0.717) is 18.8 Å². The maximum Gasteiger partial charge on any atom is 0.272 e. The number of rotatable bonds is 4. The summed E-state index contributed by atoms with van der Waals surface area (Å²) in [6.45, 7) is 5.56. The van der Waals surface area contributed by atoms with Gasteiger partial charge >= 0.3 is 0 Å². The van der Waals surface area contributed by atoms with Crippen LogP contribution in [-0.2, 0) is 26.4 Å². The van der Waals surface area contributed by atoms with E-state index in [4.69, 9.17) is 4.98 Å². The highest BCUT2D eigenvalue weighted by molar-refractivity contribution is 7.11. The van der Waals surface area contributed by atoms with Crippen LogP contribution in [0.25, 0.3) is 0 Å². The summed E-state index contributed by atoms with van der Waals surface area (Å²) in [6.07, 6.45) is 6.72. The van der Waals surface area contributed by atoms with Gasteiger partial charge in [0.05, 0.1) is 24.8 Å². The average molecular weight is 318 g/mol. The van der Waals surface area contributed by atoms with Gasteiger partial charge in [-0.2, -0.15) is 0 Å². The minimum Gasteiger partial charge on any atom is -0.331 e. The highest BCUT2D eigenvalue weighted by atomic mass is 32.1. The van der Waals surface area contributed by atoms with Gasteiger partial charge in [-0.3, -0.25) is 4.79 Å². The van der Waals surface area contributed by atoms with Crippen molar-refractivity contribution in [3.05, 3.63) is 33.8 Å². The zero-order chi connectivity index (χ0) is 15.7. The van der Waals surface area contributed by atoms with Crippen molar-refractivity contribution in [2.75, 3.05) is 6.54 Å². The van der Waals surface area contributed by atoms with Gasteiger partial charge in [-0.1, -0.05) is 6.92 Å². The quantitative estimate of drug-likeness (QED) is 0.871. The van der Waals surface area contributed by atoms with Gasteiger partial charge in [-0.05, 0) is 32.1 Å². The number of aromatic nitrogens is 3. The highest BCUT2D eigenvalue weighted by Gasteiger charge is 2.23. The molecule has 0 aromatic carbocycles. The molecule has 22 heavy (non-hydrogen) atoms. The third-order valence-corrected chi connectivity index (χ3v) is 5.37. The summed E-state index contributed by atoms with van der Waals surface area (Å²) in [5.41, 5.74) is 1.87. The van der Waals surface area contributed by atoms with Gasteiger partial charge in [0, 0.05) is 18.5 Å². The number of thiazole rings is 1. The summed E-state index contributed by atoms with van der Waals surface area (Å²) in [7, 11) is 1.84.